The Bertz CT molecular complexity index is 390. The molecule has 0 aliphatic heterocycles. The molecule has 0 aromatic heterocycles. The van der Waals surface area contributed by atoms with Gasteiger partial charge in [0, 0.05) is 31.0 Å². The summed E-state index contributed by atoms with van der Waals surface area (Å²) in [6.07, 6.45) is 3.61. The number of nitrogens with one attached hydrogen (secondary N) is 1. The molecule has 0 aliphatic rings. The topological polar surface area (TPSA) is 64.3 Å². The summed E-state index contributed by atoms with van der Waals surface area (Å²) in [5, 5.41) is 2.84. The SMILES string of the molecule is CCCC(C)COCCCC(=O)Nc1ccc(N)cc1. The maximum Gasteiger partial charge on any atom is 0.224 e. The van der Waals surface area contributed by atoms with Crippen molar-refractivity contribution in [1.82, 2.24) is 0 Å². The van der Waals surface area contributed by atoms with Gasteiger partial charge in [-0.1, -0.05) is 20.3 Å². The van der Waals surface area contributed by atoms with Gasteiger partial charge in [0.1, 0.15) is 0 Å². The predicted octanol–water partition coefficient (Wildman–Crippen LogP) is 3.44. The fourth-order valence-corrected chi connectivity index (χ4v) is 1.99. The molecule has 20 heavy (non-hydrogen) atoms. The van der Waals surface area contributed by atoms with Crippen molar-refractivity contribution in [2.75, 3.05) is 24.3 Å². The zero-order chi connectivity index (χ0) is 14.8. The lowest BCUT2D eigenvalue weighted by molar-refractivity contribution is -0.116. The number of benzene rings is 1. The quantitative estimate of drug-likeness (QED) is 0.537. The van der Waals surface area contributed by atoms with Crippen LogP contribution in [0, 0.1) is 5.92 Å². The predicted molar refractivity (Wildman–Crippen MR) is 83.6 cm³/mol. The highest BCUT2D eigenvalue weighted by Gasteiger charge is 2.03. The Labute approximate surface area is 121 Å². The fraction of sp³-hybridized carbons (Fsp3) is 0.562. The standard InChI is InChI=1S/C16H26N2O2/c1-3-5-13(2)12-20-11-4-6-16(19)18-15-9-7-14(17)8-10-15/h7-10,13H,3-6,11-12,17H2,1-2H3,(H,18,19). The second-order valence-electron chi connectivity index (χ2n) is 5.24. The van der Waals surface area contributed by atoms with Gasteiger partial charge in [0.25, 0.3) is 0 Å². The van der Waals surface area contributed by atoms with E-state index in [2.05, 4.69) is 19.2 Å². The van der Waals surface area contributed by atoms with Crippen LogP contribution in [-0.2, 0) is 9.53 Å². The van der Waals surface area contributed by atoms with E-state index in [9.17, 15) is 4.79 Å². The van der Waals surface area contributed by atoms with Crippen molar-refractivity contribution >= 4 is 17.3 Å². The first-order valence-corrected chi connectivity index (χ1v) is 7.35. The van der Waals surface area contributed by atoms with Gasteiger partial charge >= 0.3 is 0 Å². The van der Waals surface area contributed by atoms with Crippen molar-refractivity contribution in [2.45, 2.75) is 39.5 Å². The highest BCUT2D eigenvalue weighted by Crippen LogP contribution is 2.11. The van der Waals surface area contributed by atoms with Crippen LogP contribution in [0.15, 0.2) is 24.3 Å². The van der Waals surface area contributed by atoms with E-state index in [0.717, 1.165) is 18.7 Å². The largest absolute Gasteiger partial charge is 0.399 e. The van der Waals surface area contributed by atoms with E-state index in [-0.39, 0.29) is 5.91 Å². The van der Waals surface area contributed by atoms with E-state index in [0.29, 0.717) is 24.6 Å². The van der Waals surface area contributed by atoms with Crippen molar-refractivity contribution in [2.24, 2.45) is 5.92 Å². The maximum absolute atomic E-state index is 11.7. The molecule has 0 spiro atoms. The minimum Gasteiger partial charge on any atom is -0.399 e. The van der Waals surface area contributed by atoms with Crippen LogP contribution < -0.4 is 11.1 Å². The minimum atomic E-state index is 0.0139. The summed E-state index contributed by atoms with van der Waals surface area (Å²) in [6.45, 7) is 5.80. The molecule has 0 radical (unpaired) electrons. The van der Waals surface area contributed by atoms with Gasteiger partial charge in [-0.3, -0.25) is 4.79 Å². The molecule has 112 valence electrons. The normalized spacial score (nSPS) is 12.1. The van der Waals surface area contributed by atoms with Gasteiger partial charge in [-0.05, 0) is 43.0 Å². The minimum absolute atomic E-state index is 0.0139. The lowest BCUT2D eigenvalue weighted by atomic mass is 10.1. The van der Waals surface area contributed by atoms with E-state index in [1.165, 1.54) is 12.8 Å². The fourth-order valence-electron chi connectivity index (χ4n) is 1.99. The lowest BCUT2D eigenvalue weighted by Gasteiger charge is -2.10. The Morgan fingerprint density at radius 3 is 2.70 bits per heavy atom. The number of carbonyl (C=O) groups excluding carboxylic acids is 1. The number of anilines is 2. The number of rotatable bonds is 9. The molecule has 1 atom stereocenters. The molecule has 0 heterocycles. The first-order chi connectivity index (χ1) is 9.61. The number of hydrogen-bond donors (Lipinski definition) is 2. The van der Waals surface area contributed by atoms with E-state index in [1.54, 1.807) is 24.3 Å². The summed E-state index contributed by atoms with van der Waals surface area (Å²) in [7, 11) is 0. The third-order valence-corrected chi connectivity index (χ3v) is 3.07. The molecular formula is C16H26N2O2. The van der Waals surface area contributed by atoms with Gasteiger partial charge in [-0.15, -0.1) is 0 Å². The average Bonchev–Trinajstić information content (AvgIpc) is 2.41. The number of hydrogen-bond acceptors (Lipinski definition) is 3. The Hall–Kier alpha value is -1.55. The Kier molecular flexibility index (Phi) is 7.73. The van der Waals surface area contributed by atoms with Gasteiger partial charge in [0.05, 0.1) is 0 Å². The van der Waals surface area contributed by atoms with Crippen molar-refractivity contribution in [3.05, 3.63) is 24.3 Å². The van der Waals surface area contributed by atoms with Crippen LogP contribution in [0.2, 0.25) is 0 Å². The molecule has 0 saturated heterocycles. The smallest absolute Gasteiger partial charge is 0.224 e. The monoisotopic (exact) mass is 278 g/mol. The van der Waals surface area contributed by atoms with Crippen molar-refractivity contribution < 1.29 is 9.53 Å². The molecule has 0 saturated carbocycles. The molecule has 3 N–H and O–H groups in total. The van der Waals surface area contributed by atoms with Crippen molar-refractivity contribution in [3.8, 4) is 0 Å². The van der Waals surface area contributed by atoms with Gasteiger partial charge in [0.15, 0.2) is 0 Å². The third kappa shape index (κ3) is 7.14. The first-order valence-electron chi connectivity index (χ1n) is 7.35. The van der Waals surface area contributed by atoms with Crippen molar-refractivity contribution in [3.63, 3.8) is 0 Å². The van der Waals surface area contributed by atoms with Crippen LogP contribution in [0.4, 0.5) is 11.4 Å². The number of nitrogens with two attached hydrogens (primary N) is 1. The maximum atomic E-state index is 11.7. The first kappa shape index (κ1) is 16.5. The van der Waals surface area contributed by atoms with Crippen LogP contribution in [-0.4, -0.2) is 19.1 Å². The zero-order valence-electron chi connectivity index (χ0n) is 12.5. The van der Waals surface area contributed by atoms with Crippen LogP contribution in [0.3, 0.4) is 0 Å². The molecule has 0 aliphatic carbocycles. The molecule has 1 rings (SSSR count). The number of carbonyl (C=O) groups is 1. The van der Waals surface area contributed by atoms with E-state index < -0.39 is 0 Å². The van der Waals surface area contributed by atoms with Crippen molar-refractivity contribution in [1.29, 1.82) is 0 Å². The van der Waals surface area contributed by atoms with Gasteiger partial charge in [0.2, 0.25) is 5.91 Å². The summed E-state index contributed by atoms with van der Waals surface area (Å²) in [4.78, 5) is 11.7. The van der Waals surface area contributed by atoms with E-state index in [4.69, 9.17) is 10.5 Å². The van der Waals surface area contributed by atoms with Crippen LogP contribution in [0.1, 0.15) is 39.5 Å². The summed E-state index contributed by atoms with van der Waals surface area (Å²) in [5.74, 6) is 0.614. The second kappa shape index (κ2) is 9.37. The van der Waals surface area contributed by atoms with Gasteiger partial charge < -0.3 is 15.8 Å². The third-order valence-electron chi connectivity index (χ3n) is 3.07. The Balaban J connectivity index is 2.10. The molecule has 1 amide bonds. The summed E-state index contributed by atoms with van der Waals surface area (Å²) >= 11 is 0. The highest BCUT2D eigenvalue weighted by atomic mass is 16.5. The van der Waals surface area contributed by atoms with Crippen LogP contribution in [0.5, 0.6) is 0 Å². The molecule has 1 unspecified atom stereocenters. The molecule has 4 heteroatoms. The number of nitrogen functional groups attached to an aromatic ring is 1. The summed E-state index contributed by atoms with van der Waals surface area (Å²) in [6, 6.07) is 7.15. The molecular weight excluding hydrogens is 252 g/mol. The Morgan fingerprint density at radius 2 is 2.05 bits per heavy atom. The van der Waals surface area contributed by atoms with Gasteiger partial charge in [-0.2, -0.15) is 0 Å². The highest BCUT2D eigenvalue weighted by molar-refractivity contribution is 5.90. The second-order valence-corrected chi connectivity index (χ2v) is 5.24. The van der Waals surface area contributed by atoms with E-state index >= 15 is 0 Å². The number of ether oxygens (including phenoxy) is 1. The average molecular weight is 278 g/mol. The molecule has 1 aromatic rings. The summed E-state index contributed by atoms with van der Waals surface area (Å²) < 4.78 is 5.57. The van der Waals surface area contributed by atoms with Crippen LogP contribution in [0.25, 0.3) is 0 Å². The molecule has 0 bridgehead atoms. The number of amides is 1. The zero-order valence-corrected chi connectivity index (χ0v) is 12.5. The van der Waals surface area contributed by atoms with Gasteiger partial charge in [-0.25, -0.2) is 0 Å². The molecule has 0 fully saturated rings. The summed E-state index contributed by atoms with van der Waals surface area (Å²) in [5.41, 5.74) is 7.06. The molecule has 1 aromatic carbocycles. The Morgan fingerprint density at radius 1 is 1.35 bits per heavy atom. The van der Waals surface area contributed by atoms with E-state index in [1.807, 2.05) is 0 Å². The molecule has 4 nitrogen and oxygen atoms in total. The van der Waals surface area contributed by atoms with Crippen LogP contribution >= 0.6 is 0 Å². The lowest BCUT2D eigenvalue weighted by Crippen LogP contribution is -2.13.